The van der Waals surface area contributed by atoms with Gasteiger partial charge in [-0.3, -0.25) is 9.59 Å². The Bertz CT molecular complexity index is 668. The molecule has 0 spiro atoms. The molecule has 2 saturated carbocycles. The molecule has 5 nitrogen and oxygen atoms in total. The third kappa shape index (κ3) is 8.70. The van der Waals surface area contributed by atoms with Crippen LogP contribution in [0, 0.1) is 23.7 Å². The molecule has 0 atom stereocenters. The maximum atomic E-state index is 12.6. The summed E-state index contributed by atoms with van der Waals surface area (Å²) in [5, 5.41) is 0. The van der Waals surface area contributed by atoms with Crippen LogP contribution in [0.4, 0.5) is 0 Å². The molecule has 5 heteroatoms. The van der Waals surface area contributed by atoms with Crippen molar-refractivity contribution in [1.29, 1.82) is 0 Å². The molecule has 0 aliphatic heterocycles. The zero-order chi connectivity index (χ0) is 24.2. The number of carbonyl (C=O) groups excluding carboxylic acids is 2. The summed E-state index contributed by atoms with van der Waals surface area (Å²) in [4.78, 5) is 29.4. The van der Waals surface area contributed by atoms with E-state index >= 15 is 0 Å². The number of carbonyl (C=O) groups is 2. The first-order valence-corrected chi connectivity index (χ1v) is 14.0. The first kappa shape index (κ1) is 26.7. The van der Waals surface area contributed by atoms with Gasteiger partial charge < -0.3 is 9.47 Å². The molecule has 0 radical (unpaired) electrons. The Labute approximate surface area is 206 Å². The summed E-state index contributed by atoms with van der Waals surface area (Å²) in [5.41, 5.74) is 0. The lowest BCUT2D eigenvalue weighted by molar-refractivity contribution is -0.141. The van der Waals surface area contributed by atoms with E-state index in [4.69, 9.17) is 9.47 Å². The minimum Gasteiger partial charge on any atom is -0.425 e. The summed E-state index contributed by atoms with van der Waals surface area (Å²) < 4.78 is 11.1. The number of hydrogen-bond acceptors (Lipinski definition) is 5. The highest BCUT2D eigenvalue weighted by Crippen LogP contribution is 2.34. The second kappa shape index (κ2) is 14.5. The SMILES string of the molecule is CCCCCC1CCC(C(=O)Oc2ccc(OC(=O)C3CCC(CCCCC)CC3)nc2)CC1. The maximum Gasteiger partial charge on any atom is 0.315 e. The zero-order valence-electron chi connectivity index (χ0n) is 21.4. The van der Waals surface area contributed by atoms with Crippen LogP contribution in [-0.4, -0.2) is 16.9 Å². The number of pyridine rings is 1. The lowest BCUT2D eigenvalue weighted by Gasteiger charge is -2.27. The average molecular weight is 472 g/mol. The fraction of sp³-hybridized carbons (Fsp3) is 0.759. The van der Waals surface area contributed by atoms with Gasteiger partial charge in [-0.05, 0) is 69.3 Å². The van der Waals surface area contributed by atoms with Crippen LogP contribution in [0.5, 0.6) is 11.6 Å². The van der Waals surface area contributed by atoms with Crippen molar-refractivity contribution in [1.82, 2.24) is 4.98 Å². The molecule has 0 N–H and O–H groups in total. The number of nitrogens with zero attached hydrogens (tertiary/aromatic N) is 1. The smallest absolute Gasteiger partial charge is 0.315 e. The average Bonchev–Trinajstić information content (AvgIpc) is 2.86. The standard InChI is InChI=1S/C29H45NO4/c1-3-5-7-9-22-11-15-24(16-12-22)28(31)33-26-19-20-27(30-21-26)34-29(32)25-17-13-23(14-18-25)10-8-6-4-2/h19-25H,3-18H2,1-2H3. The summed E-state index contributed by atoms with van der Waals surface area (Å²) in [6, 6.07) is 3.30. The molecular weight excluding hydrogens is 426 g/mol. The molecule has 1 heterocycles. The fourth-order valence-corrected chi connectivity index (χ4v) is 5.61. The van der Waals surface area contributed by atoms with E-state index in [-0.39, 0.29) is 29.7 Å². The minimum absolute atomic E-state index is 0.0166. The van der Waals surface area contributed by atoms with Crippen molar-refractivity contribution in [2.75, 3.05) is 0 Å². The van der Waals surface area contributed by atoms with Crippen molar-refractivity contribution < 1.29 is 19.1 Å². The molecular formula is C29H45NO4. The number of esters is 2. The number of rotatable bonds is 12. The van der Waals surface area contributed by atoms with Crippen molar-refractivity contribution in [3.63, 3.8) is 0 Å². The lowest BCUT2D eigenvalue weighted by Crippen LogP contribution is -2.26. The Hall–Kier alpha value is -1.91. The second-order valence-corrected chi connectivity index (χ2v) is 10.6. The van der Waals surface area contributed by atoms with Gasteiger partial charge in [0.25, 0.3) is 0 Å². The van der Waals surface area contributed by atoms with E-state index in [0.717, 1.165) is 63.2 Å². The summed E-state index contributed by atoms with van der Waals surface area (Å²) in [6.45, 7) is 4.47. The van der Waals surface area contributed by atoms with Crippen molar-refractivity contribution in [3.05, 3.63) is 18.3 Å². The normalized spacial score (nSPS) is 25.0. The summed E-state index contributed by atoms with van der Waals surface area (Å²) in [7, 11) is 0. The molecule has 2 fully saturated rings. The fourth-order valence-electron chi connectivity index (χ4n) is 5.61. The molecule has 3 rings (SSSR count). The first-order valence-electron chi connectivity index (χ1n) is 14.0. The predicted molar refractivity (Wildman–Crippen MR) is 135 cm³/mol. The van der Waals surface area contributed by atoms with E-state index in [0.29, 0.717) is 5.75 Å². The minimum atomic E-state index is -0.181. The highest BCUT2D eigenvalue weighted by molar-refractivity contribution is 5.76. The quantitative estimate of drug-likeness (QED) is 0.231. The molecule has 0 aromatic carbocycles. The van der Waals surface area contributed by atoms with Crippen LogP contribution in [0.3, 0.4) is 0 Å². The maximum absolute atomic E-state index is 12.6. The van der Waals surface area contributed by atoms with Gasteiger partial charge in [0.15, 0.2) is 0 Å². The van der Waals surface area contributed by atoms with Gasteiger partial charge in [-0.1, -0.05) is 65.2 Å². The van der Waals surface area contributed by atoms with Gasteiger partial charge in [0.05, 0.1) is 18.0 Å². The molecule has 2 aliphatic rings. The van der Waals surface area contributed by atoms with Gasteiger partial charge in [0.2, 0.25) is 5.88 Å². The molecule has 190 valence electrons. The Balaban J connectivity index is 1.36. The van der Waals surface area contributed by atoms with Crippen molar-refractivity contribution in [2.24, 2.45) is 23.7 Å². The number of hydrogen-bond donors (Lipinski definition) is 0. The zero-order valence-corrected chi connectivity index (χ0v) is 21.4. The monoisotopic (exact) mass is 471 g/mol. The molecule has 0 bridgehead atoms. The molecule has 0 amide bonds. The predicted octanol–water partition coefficient (Wildman–Crippen LogP) is 7.67. The van der Waals surface area contributed by atoms with Crippen LogP contribution < -0.4 is 9.47 Å². The Morgan fingerprint density at radius 3 is 1.68 bits per heavy atom. The molecule has 2 aliphatic carbocycles. The molecule has 1 aromatic rings. The highest BCUT2D eigenvalue weighted by atomic mass is 16.5. The van der Waals surface area contributed by atoms with Gasteiger partial charge >= 0.3 is 11.9 Å². The number of ether oxygens (including phenoxy) is 2. The van der Waals surface area contributed by atoms with Crippen LogP contribution >= 0.6 is 0 Å². The van der Waals surface area contributed by atoms with Crippen molar-refractivity contribution >= 4 is 11.9 Å². The Morgan fingerprint density at radius 1 is 0.735 bits per heavy atom. The van der Waals surface area contributed by atoms with Gasteiger partial charge in [0, 0.05) is 6.07 Å². The van der Waals surface area contributed by atoms with Crippen LogP contribution in [0.1, 0.15) is 117 Å². The number of aromatic nitrogens is 1. The van der Waals surface area contributed by atoms with E-state index in [1.807, 2.05) is 0 Å². The third-order valence-corrected chi connectivity index (χ3v) is 7.92. The Kier molecular flexibility index (Phi) is 11.4. The van der Waals surface area contributed by atoms with Gasteiger partial charge in [0.1, 0.15) is 5.75 Å². The largest absolute Gasteiger partial charge is 0.425 e. The second-order valence-electron chi connectivity index (χ2n) is 10.6. The van der Waals surface area contributed by atoms with Crippen LogP contribution in [0.25, 0.3) is 0 Å². The summed E-state index contributed by atoms with van der Waals surface area (Å²) >= 11 is 0. The highest BCUT2D eigenvalue weighted by Gasteiger charge is 2.29. The van der Waals surface area contributed by atoms with E-state index in [1.54, 1.807) is 12.1 Å². The van der Waals surface area contributed by atoms with E-state index in [1.165, 1.54) is 57.6 Å². The molecule has 0 unspecified atom stereocenters. The Morgan fingerprint density at radius 2 is 1.24 bits per heavy atom. The van der Waals surface area contributed by atoms with Gasteiger partial charge in [-0.2, -0.15) is 0 Å². The molecule has 0 saturated heterocycles. The van der Waals surface area contributed by atoms with E-state index in [9.17, 15) is 9.59 Å². The third-order valence-electron chi connectivity index (χ3n) is 7.92. The van der Waals surface area contributed by atoms with Gasteiger partial charge in [-0.15, -0.1) is 0 Å². The summed E-state index contributed by atoms with van der Waals surface area (Å²) in [5.74, 6) is 1.84. The summed E-state index contributed by atoms with van der Waals surface area (Å²) in [6.07, 6.45) is 19.9. The molecule has 34 heavy (non-hydrogen) atoms. The lowest BCUT2D eigenvalue weighted by atomic mass is 9.80. The molecule has 1 aromatic heterocycles. The van der Waals surface area contributed by atoms with Gasteiger partial charge in [-0.25, -0.2) is 4.98 Å². The first-order chi connectivity index (χ1) is 16.6. The van der Waals surface area contributed by atoms with Crippen molar-refractivity contribution in [3.8, 4) is 11.6 Å². The van der Waals surface area contributed by atoms with Crippen LogP contribution in [0.2, 0.25) is 0 Å². The number of unbranched alkanes of at least 4 members (excludes halogenated alkanes) is 4. The van der Waals surface area contributed by atoms with E-state index < -0.39 is 0 Å². The van der Waals surface area contributed by atoms with E-state index in [2.05, 4.69) is 18.8 Å². The van der Waals surface area contributed by atoms with Crippen LogP contribution in [-0.2, 0) is 9.59 Å². The van der Waals surface area contributed by atoms with Crippen molar-refractivity contribution in [2.45, 2.75) is 117 Å². The van der Waals surface area contributed by atoms with Crippen LogP contribution in [0.15, 0.2) is 18.3 Å². The topological polar surface area (TPSA) is 65.5 Å².